The number of nitrogens with one attached hydrogen (secondary N) is 1. The van der Waals surface area contributed by atoms with Crippen molar-refractivity contribution in [2.45, 2.75) is 39.5 Å². The molecule has 1 aliphatic rings. The van der Waals surface area contributed by atoms with E-state index in [1.807, 2.05) is 4.90 Å². The summed E-state index contributed by atoms with van der Waals surface area (Å²) in [5.74, 6) is 2.66. The van der Waals surface area contributed by atoms with Crippen LogP contribution in [0.4, 0.5) is 0 Å². The fourth-order valence-corrected chi connectivity index (χ4v) is 2.54. The van der Waals surface area contributed by atoms with Crippen molar-refractivity contribution in [2.24, 2.45) is 5.41 Å². The molecule has 1 N–H and O–H groups in total. The molecule has 1 fully saturated rings. The highest BCUT2D eigenvalue weighted by molar-refractivity contribution is 5.78. The van der Waals surface area contributed by atoms with Gasteiger partial charge in [-0.15, -0.1) is 6.42 Å². The minimum atomic E-state index is 0.182. The van der Waals surface area contributed by atoms with Crippen molar-refractivity contribution in [3.05, 3.63) is 0 Å². The van der Waals surface area contributed by atoms with E-state index >= 15 is 0 Å². The Morgan fingerprint density at radius 2 is 1.94 bits per heavy atom. The number of carbonyl (C=O) groups excluding carboxylic acids is 1. The standard InChI is InChI=1S/C14H24N2O/c1-4-9-15-12-13(17)16-10-7-14(5-2,6-3)8-11-16/h1,15H,5-12H2,2-3H3. The first-order valence-corrected chi connectivity index (χ1v) is 6.59. The Morgan fingerprint density at radius 1 is 1.35 bits per heavy atom. The summed E-state index contributed by atoms with van der Waals surface area (Å²) in [5, 5.41) is 2.95. The number of terminal acetylenes is 1. The second-order valence-electron chi connectivity index (χ2n) is 4.90. The summed E-state index contributed by atoms with van der Waals surface area (Å²) in [6.07, 6.45) is 9.85. The van der Waals surface area contributed by atoms with Gasteiger partial charge in [-0.25, -0.2) is 0 Å². The third kappa shape index (κ3) is 3.74. The molecular formula is C14H24N2O. The lowest BCUT2D eigenvalue weighted by Crippen LogP contribution is -2.45. The third-order valence-electron chi connectivity index (χ3n) is 4.18. The van der Waals surface area contributed by atoms with Crippen LogP contribution in [0, 0.1) is 17.8 Å². The molecule has 1 rings (SSSR count). The molecule has 0 aliphatic carbocycles. The van der Waals surface area contributed by atoms with Crippen molar-refractivity contribution in [1.82, 2.24) is 10.2 Å². The molecule has 1 saturated heterocycles. The first kappa shape index (κ1) is 14.1. The number of rotatable bonds is 5. The van der Waals surface area contributed by atoms with E-state index in [1.165, 1.54) is 12.8 Å². The zero-order valence-corrected chi connectivity index (χ0v) is 11.1. The van der Waals surface area contributed by atoms with Crippen LogP contribution in [0.15, 0.2) is 0 Å². The number of amides is 1. The molecule has 1 heterocycles. The molecule has 0 aromatic heterocycles. The van der Waals surface area contributed by atoms with Gasteiger partial charge >= 0.3 is 0 Å². The van der Waals surface area contributed by atoms with Gasteiger partial charge in [-0.1, -0.05) is 32.6 Å². The molecular weight excluding hydrogens is 212 g/mol. The predicted octanol–water partition coefficient (Wildman–Crippen LogP) is 1.64. The van der Waals surface area contributed by atoms with Crippen molar-refractivity contribution < 1.29 is 4.79 Å². The lowest BCUT2D eigenvalue weighted by molar-refractivity contribution is -0.132. The van der Waals surface area contributed by atoms with Gasteiger partial charge < -0.3 is 4.90 Å². The first-order chi connectivity index (χ1) is 8.17. The van der Waals surface area contributed by atoms with Gasteiger partial charge in [0, 0.05) is 13.1 Å². The summed E-state index contributed by atoms with van der Waals surface area (Å²) in [5.41, 5.74) is 0.475. The first-order valence-electron chi connectivity index (χ1n) is 6.59. The van der Waals surface area contributed by atoms with E-state index in [1.54, 1.807) is 0 Å². The van der Waals surface area contributed by atoms with Gasteiger partial charge in [0.15, 0.2) is 0 Å². The molecule has 96 valence electrons. The summed E-state index contributed by atoms with van der Waals surface area (Å²) < 4.78 is 0. The quantitative estimate of drug-likeness (QED) is 0.581. The second-order valence-corrected chi connectivity index (χ2v) is 4.90. The zero-order chi connectivity index (χ0) is 12.7. The maximum atomic E-state index is 11.9. The smallest absolute Gasteiger partial charge is 0.236 e. The van der Waals surface area contributed by atoms with Gasteiger partial charge in [0.05, 0.1) is 13.1 Å². The zero-order valence-electron chi connectivity index (χ0n) is 11.1. The van der Waals surface area contributed by atoms with Crippen molar-refractivity contribution in [3.63, 3.8) is 0 Å². The van der Waals surface area contributed by atoms with E-state index in [9.17, 15) is 4.79 Å². The summed E-state index contributed by atoms with van der Waals surface area (Å²) in [7, 11) is 0. The highest BCUT2D eigenvalue weighted by atomic mass is 16.2. The molecule has 0 saturated carbocycles. The van der Waals surface area contributed by atoms with E-state index < -0.39 is 0 Å². The molecule has 0 spiro atoms. The maximum Gasteiger partial charge on any atom is 0.236 e. The molecule has 17 heavy (non-hydrogen) atoms. The molecule has 0 bridgehead atoms. The topological polar surface area (TPSA) is 32.3 Å². The van der Waals surface area contributed by atoms with Crippen molar-refractivity contribution in [2.75, 3.05) is 26.2 Å². The Morgan fingerprint density at radius 3 is 2.41 bits per heavy atom. The summed E-state index contributed by atoms with van der Waals surface area (Å²) in [6, 6.07) is 0. The molecule has 0 unspecified atom stereocenters. The van der Waals surface area contributed by atoms with Crippen LogP contribution in [0.5, 0.6) is 0 Å². The monoisotopic (exact) mass is 236 g/mol. The van der Waals surface area contributed by atoms with Crippen LogP contribution >= 0.6 is 0 Å². The van der Waals surface area contributed by atoms with Crippen molar-refractivity contribution in [1.29, 1.82) is 0 Å². The Hall–Kier alpha value is -1.01. The normalized spacial score (nSPS) is 18.8. The number of piperidine rings is 1. The Balaban J connectivity index is 2.36. The maximum absolute atomic E-state index is 11.9. The van der Waals surface area contributed by atoms with E-state index in [-0.39, 0.29) is 5.91 Å². The van der Waals surface area contributed by atoms with Gasteiger partial charge in [-0.2, -0.15) is 0 Å². The fourth-order valence-electron chi connectivity index (χ4n) is 2.54. The van der Waals surface area contributed by atoms with Gasteiger partial charge in [0.2, 0.25) is 5.91 Å². The highest BCUT2D eigenvalue weighted by Gasteiger charge is 2.32. The van der Waals surface area contributed by atoms with Crippen LogP contribution in [-0.4, -0.2) is 37.0 Å². The molecule has 0 aromatic carbocycles. The van der Waals surface area contributed by atoms with E-state index in [0.29, 0.717) is 18.5 Å². The molecule has 1 aliphatic heterocycles. The fraction of sp³-hybridized carbons (Fsp3) is 0.786. The largest absolute Gasteiger partial charge is 0.342 e. The molecule has 3 nitrogen and oxygen atoms in total. The molecule has 0 atom stereocenters. The number of hydrogen-bond donors (Lipinski definition) is 1. The summed E-state index contributed by atoms with van der Waals surface area (Å²) >= 11 is 0. The van der Waals surface area contributed by atoms with Gasteiger partial charge in [-0.3, -0.25) is 10.1 Å². The minimum Gasteiger partial charge on any atom is -0.342 e. The molecule has 1 amide bonds. The van der Waals surface area contributed by atoms with Crippen molar-refractivity contribution in [3.8, 4) is 12.3 Å². The van der Waals surface area contributed by atoms with Crippen LogP contribution in [0.2, 0.25) is 0 Å². The second kappa shape index (κ2) is 6.66. The SMILES string of the molecule is C#CCNCC(=O)N1CCC(CC)(CC)CC1. The number of carbonyl (C=O) groups is 1. The molecule has 3 heteroatoms. The average molecular weight is 236 g/mol. The number of hydrogen-bond acceptors (Lipinski definition) is 2. The lowest BCUT2D eigenvalue weighted by atomic mass is 9.74. The number of likely N-dealkylation sites (tertiary alicyclic amines) is 1. The lowest BCUT2D eigenvalue weighted by Gasteiger charge is -2.41. The predicted molar refractivity (Wildman–Crippen MR) is 70.5 cm³/mol. The highest BCUT2D eigenvalue weighted by Crippen LogP contribution is 2.37. The third-order valence-corrected chi connectivity index (χ3v) is 4.18. The van der Waals surface area contributed by atoms with E-state index in [4.69, 9.17) is 6.42 Å². The van der Waals surface area contributed by atoms with Crippen LogP contribution in [0.25, 0.3) is 0 Å². The van der Waals surface area contributed by atoms with E-state index in [0.717, 1.165) is 25.9 Å². The minimum absolute atomic E-state index is 0.182. The number of nitrogens with zero attached hydrogens (tertiary/aromatic N) is 1. The van der Waals surface area contributed by atoms with Crippen LogP contribution < -0.4 is 5.32 Å². The Bertz CT molecular complexity index is 279. The van der Waals surface area contributed by atoms with Crippen LogP contribution in [0.3, 0.4) is 0 Å². The van der Waals surface area contributed by atoms with Crippen LogP contribution in [0.1, 0.15) is 39.5 Å². The molecule has 0 aromatic rings. The average Bonchev–Trinajstić information content (AvgIpc) is 2.39. The summed E-state index contributed by atoms with van der Waals surface area (Å²) in [6.45, 7) is 7.16. The Kier molecular flexibility index (Phi) is 5.50. The van der Waals surface area contributed by atoms with Gasteiger partial charge in [0.25, 0.3) is 0 Å². The van der Waals surface area contributed by atoms with Crippen LogP contribution in [-0.2, 0) is 4.79 Å². The van der Waals surface area contributed by atoms with Crippen molar-refractivity contribution >= 4 is 5.91 Å². The van der Waals surface area contributed by atoms with E-state index in [2.05, 4.69) is 25.1 Å². The summed E-state index contributed by atoms with van der Waals surface area (Å²) in [4.78, 5) is 13.8. The van der Waals surface area contributed by atoms with Gasteiger partial charge in [0.1, 0.15) is 0 Å². The van der Waals surface area contributed by atoms with Gasteiger partial charge in [-0.05, 0) is 18.3 Å². The Labute approximate surface area is 105 Å². The molecule has 0 radical (unpaired) electrons.